The zero-order chi connectivity index (χ0) is 23.6. The third-order valence-electron chi connectivity index (χ3n) is 6.21. The molecule has 7 nitrogen and oxygen atoms in total. The van der Waals surface area contributed by atoms with Crippen LogP contribution >= 0.6 is 30.3 Å². The van der Waals surface area contributed by atoms with Crippen molar-refractivity contribution in [1.82, 2.24) is 18.9 Å². The standard InChI is InChI=1S/C22H24F2IN5O2S/c1-3-32-18(31)9-17(22(2)6-4-5-7-22)28-20-16(24)11-26-19(29-20)15-12-30(33-25)21-14(15)8-13(23)10-27-21/h8,10-12,17H,3-7,9H2,1-2H3,(H,26,28,29). The van der Waals surface area contributed by atoms with Gasteiger partial charge in [-0.2, -0.15) is 0 Å². The minimum absolute atomic E-state index is 0.00909. The van der Waals surface area contributed by atoms with Gasteiger partial charge in [-0.05, 0) is 31.2 Å². The van der Waals surface area contributed by atoms with Crippen LogP contribution < -0.4 is 5.32 Å². The molecule has 0 aromatic carbocycles. The normalized spacial score (nSPS) is 16.2. The Balaban J connectivity index is 1.71. The Bertz CT molecular complexity index is 1170. The van der Waals surface area contributed by atoms with Gasteiger partial charge in [0.25, 0.3) is 0 Å². The second-order valence-corrected chi connectivity index (χ2v) is 10.1. The molecule has 1 saturated carbocycles. The molecule has 1 fully saturated rings. The van der Waals surface area contributed by atoms with Crippen molar-refractivity contribution < 1.29 is 18.3 Å². The predicted octanol–water partition coefficient (Wildman–Crippen LogP) is 5.93. The van der Waals surface area contributed by atoms with Gasteiger partial charge in [-0.25, -0.2) is 23.7 Å². The van der Waals surface area contributed by atoms with Crippen molar-refractivity contribution in [2.24, 2.45) is 5.41 Å². The lowest BCUT2D eigenvalue weighted by Crippen LogP contribution is -2.39. The summed E-state index contributed by atoms with van der Waals surface area (Å²) >= 11 is 2.10. The molecule has 1 N–H and O–H groups in total. The zero-order valence-electron chi connectivity index (χ0n) is 18.3. The van der Waals surface area contributed by atoms with E-state index in [1.807, 2.05) is 0 Å². The van der Waals surface area contributed by atoms with E-state index in [-0.39, 0.29) is 42.1 Å². The molecule has 3 heterocycles. The first-order valence-corrected chi connectivity index (χ1v) is 14.1. The van der Waals surface area contributed by atoms with E-state index in [1.54, 1.807) is 17.1 Å². The number of hydrogen-bond donors (Lipinski definition) is 1. The first-order chi connectivity index (χ1) is 15.8. The summed E-state index contributed by atoms with van der Waals surface area (Å²) in [6.45, 7) is 4.16. The van der Waals surface area contributed by atoms with Gasteiger partial charge in [-0.3, -0.25) is 8.77 Å². The monoisotopic (exact) mass is 587 g/mol. The van der Waals surface area contributed by atoms with E-state index in [0.29, 0.717) is 16.6 Å². The first-order valence-electron chi connectivity index (χ1n) is 10.8. The van der Waals surface area contributed by atoms with Crippen molar-refractivity contribution in [3.63, 3.8) is 0 Å². The molecular weight excluding hydrogens is 563 g/mol. The molecule has 0 bridgehead atoms. The van der Waals surface area contributed by atoms with Crippen molar-refractivity contribution >= 4 is 53.1 Å². The highest BCUT2D eigenvalue weighted by Crippen LogP contribution is 2.43. The SMILES string of the molecule is CCOC(=O)CC(Nc1nc(-c2cn(SI)c3ncc(F)cc23)ncc1F)C1(C)CCCC1. The summed E-state index contributed by atoms with van der Waals surface area (Å²) in [7, 11) is 1.37. The number of nitrogens with one attached hydrogen (secondary N) is 1. The van der Waals surface area contributed by atoms with Gasteiger partial charge < -0.3 is 10.1 Å². The van der Waals surface area contributed by atoms with Crippen LogP contribution in [-0.2, 0) is 9.53 Å². The van der Waals surface area contributed by atoms with E-state index in [4.69, 9.17) is 4.74 Å². The maximum Gasteiger partial charge on any atom is 0.307 e. The number of aromatic nitrogens is 4. The van der Waals surface area contributed by atoms with E-state index in [2.05, 4.69) is 48.4 Å². The van der Waals surface area contributed by atoms with Crippen molar-refractivity contribution in [3.05, 3.63) is 36.3 Å². The molecule has 0 amide bonds. The number of carbonyl (C=O) groups is 1. The Hall–Kier alpha value is -2.02. The Labute approximate surface area is 206 Å². The van der Waals surface area contributed by atoms with Crippen LogP contribution in [0.15, 0.2) is 24.7 Å². The second-order valence-electron chi connectivity index (χ2n) is 8.42. The third-order valence-corrected chi connectivity index (χ3v) is 7.91. The number of hydrogen-bond acceptors (Lipinski definition) is 7. The number of carbonyl (C=O) groups excluding carboxylic acids is 1. The van der Waals surface area contributed by atoms with E-state index < -0.39 is 11.6 Å². The molecule has 0 aliphatic heterocycles. The van der Waals surface area contributed by atoms with E-state index in [9.17, 15) is 13.6 Å². The minimum atomic E-state index is -0.620. The van der Waals surface area contributed by atoms with Crippen LogP contribution in [0.4, 0.5) is 14.6 Å². The van der Waals surface area contributed by atoms with E-state index in [1.165, 1.54) is 15.2 Å². The molecular formula is C22H24F2IN5O2S. The van der Waals surface area contributed by atoms with Crippen molar-refractivity contribution in [1.29, 1.82) is 0 Å². The minimum Gasteiger partial charge on any atom is -0.466 e. The molecule has 0 saturated heterocycles. The molecule has 3 aromatic rings. The van der Waals surface area contributed by atoms with Crippen molar-refractivity contribution in [3.8, 4) is 11.4 Å². The fourth-order valence-electron chi connectivity index (χ4n) is 4.44. The Kier molecular flexibility index (Phi) is 7.37. The lowest BCUT2D eigenvalue weighted by molar-refractivity contribution is -0.144. The fourth-order valence-corrected chi connectivity index (χ4v) is 5.69. The van der Waals surface area contributed by atoms with Gasteiger partial charge in [0, 0.05) is 53.5 Å². The molecule has 0 spiro atoms. The predicted molar refractivity (Wildman–Crippen MR) is 133 cm³/mol. The highest BCUT2D eigenvalue weighted by Gasteiger charge is 2.39. The summed E-state index contributed by atoms with van der Waals surface area (Å²) in [5, 5.41) is 3.71. The van der Waals surface area contributed by atoms with Gasteiger partial charge in [0.1, 0.15) is 5.82 Å². The molecule has 176 valence electrons. The quantitative estimate of drug-likeness (QED) is 0.259. The molecule has 1 aliphatic carbocycles. The molecule has 1 aliphatic rings. The number of esters is 1. The Morgan fingerprint density at radius 2 is 2.09 bits per heavy atom. The molecule has 0 radical (unpaired) electrons. The molecule has 11 heteroatoms. The Morgan fingerprint density at radius 1 is 1.33 bits per heavy atom. The number of pyridine rings is 1. The summed E-state index contributed by atoms with van der Waals surface area (Å²) in [5.41, 5.74) is 0.913. The lowest BCUT2D eigenvalue weighted by Gasteiger charge is -2.34. The third kappa shape index (κ3) is 5.08. The number of fused-ring (bicyclic) bond motifs is 1. The van der Waals surface area contributed by atoms with Crippen molar-refractivity contribution in [2.75, 3.05) is 11.9 Å². The number of ether oxygens (including phenoxy) is 1. The molecule has 1 unspecified atom stereocenters. The molecule has 33 heavy (non-hydrogen) atoms. The van der Waals surface area contributed by atoms with Crippen LogP contribution in [0.25, 0.3) is 22.4 Å². The summed E-state index contributed by atoms with van der Waals surface area (Å²) in [4.78, 5) is 25.1. The number of halogens is 3. The molecule has 4 rings (SSSR count). The van der Waals surface area contributed by atoms with Gasteiger partial charge in [0.05, 0.1) is 25.4 Å². The topological polar surface area (TPSA) is 81.9 Å². The van der Waals surface area contributed by atoms with Crippen LogP contribution in [0, 0.1) is 17.0 Å². The largest absolute Gasteiger partial charge is 0.466 e. The summed E-state index contributed by atoms with van der Waals surface area (Å²) in [6.07, 6.45) is 8.07. The van der Waals surface area contributed by atoms with Gasteiger partial charge in [0.15, 0.2) is 23.1 Å². The fraction of sp³-hybridized carbons (Fsp3) is 0.455. The molecule has 3 aromatic heterocycles. The van der Waals surface area contributed by atoms with Crippen LogP contribution in [-0.4, -0.2) is 37.5 Å². The van der Waals surface area contributed by atoms with Gasteiger partial charge >= 0.3 is 5.97 Å². The van der Waals surface area contributed by atoms with Gasteiger partial charge in [-0.15, -0.1) is 0 Å². The number of anilines is 1. The van der Waals surface area contributed by atoms with Crippen molar-refractivity contribution in [2.45, 2.75) is 52.0 Å². The van der Waals surface area contributed by atoms with Crippen LogP contribution in [0.5, 0.6) is 0 Å². The highest BCUT2D eigenvalue weighted by atomic mass is 127. The average Bonchev–Trinajstić information content (AvgIpc) is 3.39. The highest BCUT2D eigenvalue weighted by molar-refractivity contribution is 14.2. The summed E-state index contributed by atoms with van der Waals surface area (Å²) in [5.74, 6) is -1.18. The van der Waals surface area contributed by atoms with Gasteiger partial charge in [-0.1, -0.05) is 19.8 Å². The average molecular weight is 587 g/mol. The Morgan fingerprint density at radius 3 is 2.79 bits per heavy atom. The number of rotatable bonds is 8. The summed E-state index contributed by atoms with van der Waals surface area (Å²) < 4.78 is 35.7. The van der Waals surface area contributed by atoms with Crippen LogP contribution in [0.2, 0.25) is 0 Å². The summed E-state index contributed by atoms with van der Waals surface area (Å²) in [6, 6.07) is 1.02. The molecule has 1 atom stereocenters. The first kappa shape index (κ1) is 24.1. The second kappa shape index (κ2) is 10.1. The lowest BCUT2D eigenvalue weighted by atomic mass is 9.79. The van der Waals surface area contributed by atoms with E-state index >= 15 is 0 Å². The van der Waals surface area contributed by atoms with Crippen LogP contribution in [0.1, 0.15) is 46.0 Å². The van der Waals surface area contributed by atoms with Crippen LogP contribution in [0.3, 0.4) is 0 Å². The maximum absolute atomic E-state index is 14.8. The zero-order valence-corrected chi connectivity index (χ0v) is 21.3. The smallest absolute Gasteiger partial charge is 0.307 e. The van der Waals surface area contributed by atoms with Gasteiger partial charge in [0.2, 0.25) is 0 Å². The van der Waals surface area contributed by atoms with E-state index in [0.717, 1.165) is 38.1 Å². The maximum atomic E-state index is 14.8. The number of nitrogens with zero attached hydrogens (tertiary/aromatic N) is 4.